The molecule has 14 heteroatoms. The zero-order valence-corrected chi connectivity index (χ0v) is 21.0. The Bertz CT molecular complexity index is 1460. The Morgan fingerprint density at radius 3 is 2.46 bits per heavy atom. The number of nitrogens with zero attached hydrogens (tertiary/aromatic N) is 4. The minimum Gasteiger partial charge on any atom is -0.493 e. The number of halogens is 3. The number of aromatic nitrogens is 4. The Morgan fingerprint density at radius 2 is 1.82 bits per heavy atom. The van der Waals surface area contributed by atoms with Gasteiger partial charge >= 0.3 is 6.18 Å². The van der Waals surface area contributed by atoms with E-state index in [9.17, 15) is 23.1 Å². The van der Waals surface area contributed by atoms with Gasteiger partial charge in [0.25, 0.3) is 5.91 Å². The minimum absolute atomic E-state index is 0.0533. The van der Waals surface area contributed by atoms with Crippen LogP contribution >= 0.6 is 0 Å². The lowest BCUT2D eigenvalue weighted by atomic mass is 10.2. The van der Waals surface area contributed by atoms with Gasteiger partial charge in [-0.2, -0.15) is 18.3 Å². The molecule has 206 valence electrons. The SMILES string of the molecule is COc1cc2nccc(Oc3ccc(NC(=O)c4nn(CC(C)O)cc4OCC(F)(F)F)nc3)c2cc1OC. The number of carbonyl (C=O) groups excluding carboxylic acids is 1. The van der Waals surface area contributed by atoms with Crippen molar-refractivity contribution in [3.8, 4) is 28.7 Å². The van der Waals surface area contributed by atoms with E-state index in [1.54, 1.807) is 30.5 Å². The van der Waals surface area contributed by atoms with E-state index in [4.69, 9.17) is 18.9 Å². The van der Waals surface area contributed by atoms with E-state index in [2.05, 4.69) is 20.4 Å². The van der Waals surface area contributed by atoms with Crippen LogP contribution in [0.4, 0.5) is 19.0 Å². The Kier molecular flexibility index (Phi) is 8.04. The van der Waals surface area contributed by atoms with Crippen molar-refractivity contribution in [1.29, 1.82) is 0 Å². The summed E-state index contributed by atoms with van der Waals surface area (Å²) in [4.78, 5) is 21.2. The number of rotatable bonds is 10. The van der Waals surface area contributed by atoms with Gasteiger partial charge < -0.3 is 29.4 Å². The normalized spacial score (nSPS) is 12.2. The third kappa shape index (κ3) is 6.84. The fourth-order valence-electron chi connectivity index (χ4n) is 3.54. The molecule has 0 fully saturated rings. The van der Waals surface area contributed by atoms with E-state index in [0.29, 0.717) is 33.9 Å². The number of pyridine rings is 2. The van der Waals surface area contributed by atoms with Gasteiger partial charge in [-0.3, -0.25) is 14.5 Å². The predicted octanol–water partition coefficient (Wildman–Crippen LogP) is 4.21. The first-order valence-electron chi connectivity index (χ1n) is 11.5. The summed E-state index contributed by atoms with van der Waals surface area (Å²) in [6.45, 7) is -0.199. The van der Waals surface area contributed by atoms with Crippen LogP contribution < -0.4 is 24.3 Å². The topological polar surface area (TPSA) is 130 Å². The molecular weight excluding hydrogens is 523 g/mol. The third-order valence-corrected chi connectivity index (χ3v) is 5.20. The Morgan fingerprint density at radius 1 is 1.08 bits per heavy atom. The molecule has 0 saturated heterocycles. The Hall–Kier alpha value is -4.59. The molecule has 0 spiro atoms. The zero-order valence-electron chi connectivity index (χ0n) is 21.0. The molecule has 4 rings (SSSR count). The number of aliphatic hydroxyl groups excluding tert-OH is 1. The highest BCUT2D eigenvalue weighted by molar-refractivity contribution is 6.04. The summed E-state index contributed by atoms with van der Waals surface area (Å²) in [5.74, 6) is 0.666. The highest BCUT2D eigenvalue weighted by Gasteiger charge is 2.30. The van der Waals surface area contributed by atoms with Crippen molar-refractivity contribution in [3.05, 3.63) is 54.6 Å². The Labute approximate surface area is 220 Å². The molecule has 0 aliphatic heterocycles. The molecule has 3 aromatic heterocycles. The van der Waals surface area contributed by atoms with Crippen molar-refractivity contribution in [2.24, 2.45) is 0 Å². The molecule has 1 amide bonds. The molecule has 4 aromatic rings. The third-order valence-electron chi connectivity index (χ3n) is 5.20. The van der Waals surface area contributed by atoms with E-state index >= 15 is 0 Å². The van der Waals surface area contributed by atoms with Crippen LogP contribution in [0.25, 0.3) is 10.9 Å². The van der Waals surface area contributed by atoms with Crippen molar-refractivity contribution < 1.29 is 42.0 Å². The van der Waals surface area contributed by atoms with E-state index in [1.165, 1.54) is 33.4 Å². The second kappa shape index (κ2) is 11.4. The first-order valence-corrected chi connectivity index (χ1v) is 11.5. The van der Waals surface area contributed by atoms with Gasteiger partial charge in [0.2, 0.25) is 0 Å². The van der Waals surface area contributed by atoms with E-state index in [0.717, 1.165) is 10.9 Å². The molecule has 39 heavy (non-hydrogen) atoms. The summed E-state index contributed by atoms with van der Waals surface area (Å²) < 4.78 is 60.5. The average Bonchev–Trinajstić information content (AvgIpc) is 3.29. The number of benzene rings is 1. The molecule has 3 heterocycles. The number of alkyl halides is 3. The highest BCUT2D eigenvalue weighted by atomic mass is 19.4. The van der Waals surface area contributed by atoms with Crippen LogP contribution in [0.2, 0.25) is 0 Å². The number of methoxy groups -OCH3 is 2. The van der Waals surface area contributed by atoms with Gasteiger partial charge in [0, 0.05) is 17.6 Å². The minimum atomic E-state index is -4.62. The number of hydrogen-bond donors (Lipinski definition) is 2. The molecule has 2 N–H and O–H groups in total. The standard InChI is InChI=1S/C25H24F3N5O6/c1-14(34)11-33-12-21(38-13-25(26,27)28)23(32-33)24(35)31-22-5-4-15(10-30-22)39-18-6-7-29-17-9-20(37-3)19(36-2)8-16(17)18/h4-10,12,14,34H,11,13H2,1-3H3,(H,30,31,35). The van der Waals surface area contributed by atoms with Crippen LogP contribution in [-0.4, -0.2) is 63.9 Å². The molecule has 11 nitrogen and oxygen atoms in total. The van der Waals surface area contributed by atoms with Crippen molar-refractivity contribution in [2.75, 3.05) is 26.1 Å². The molecule has 0 radical (unpaired) electrons. The summed E-state index contributed by atoms with van der Waals surface area (Å²) in [6.07, 6.45) is -1.43. The highest BCUT2D eigenvalue weighted by Crippen LogP contribution is 2.36. The van der Waals surface area contributed by atoms with Gasteiger partial charge in [0.05, 0.1) is 44.8 Å². The number of hydrogen-bond acceptors (Lipinski definition) is 9. The van der Waals surface area contributed by atoms with Crippen molar-refractivity contribution in [3.63, 3.8) is 0 Å². The Balaban J connectivity index is 1.51. The van der Waals surface area contributed by atoms with Crippen LogP contribution in [0.3, 0.4) is 0 Å². The first-order chi connectivity index (χ1) is 18.6. The van der Waals surface area contributed by atoms with Crippen LogP contribution in [-0.2, 0) is 6.54 Å². The summed E-state index contributed by atoms with van der Waals surface area (Å²) in [5.41, 5.74) is 0.218. The van der Waals surface area contributed by atoms with Gasteiger partial charge in [0.1, 0.15) is 17.3 Å². The summed E-state index contributed by atoms with van der Waals surface area (Å²) >= 11 is 0. The van der Waals surface area contributed by atoms with E-state index in [1.807, 2.05) is 0 Å². The summed E-state index contributed by atoms with van der Waals surface area (Å²) in [7, 11) is 3.04. The fraction of sp³-hybridized carbons (Fsp3) is 0.280. The summed E-state index contributed by atoms with van der Waals surface area (Å²) in [5, 5.41) is 16.6. The smallest absolute Gasteiger partial charge is 0.422 e. The molecule has 1 unspecified atom stereocenters. The predicted molar refractivity (Wildman–Crippen MR) is 133 cm³/mol. The monoisotopic (exact) mass is 547 g/mol. The average molecular weight is 547 g/mol. The van der Waals surface area contributed by atoms with Gasteiger partial charge in [-0.15, -0.1) is 0 Å². The van der Waals surface area contributed by atoms with Crippen molar-refractivity contribution in [1.82, 2.24) is 19.7 Å². The molecule has 1 aromatic carbocycles. The lowest BCUT2D eigenvalue weighted by Crippen LogP contribution is -2.21. The molecular formula is C25H24F3N5O6. The molecule has 1 atom stereocenters. The number of anilines is 1. The lowest BCUT2D eigenvalue weighted by Gasteiger charge is -2.12. The molecule has 0 aliphatic carbocycles. The van der Waals surface area contributed by atoms with Gasteiger partial charge in [-0.25, -0.2) is 4.98 Å². The molecule has 0 saturated carbocycles. The van der Waals surface area contributed by atoms with Gasteiger partial charge in [0.15, 0.2) is 29.5 Å². The number of aliphatic hydroxyl groups is 1. The van der Waals surface area contributed by atoms with E-state index in [-0.39, 0.29) is 18.1 Å². The zero-order chi connectivity index (χ0) is 28.2. The maximum Gasteiger partial charge on any atom is 0.422 e. The van der Waals surface area contributed by atoms with Crippen LogP contribution in [0.15, 0.2) is 48.9 Å². The first kappa shape index (κ1) is 27.4. The van der Waals surface area contributed by atoms with E-state index < -0.39 is 30.5 Å². The lowest BCUT2D eigenvalue weighted by molar-refractivity contribution is -0.153. The second-order valence-electron chi connectivity index (χ2n) is 8.29. The molecule has 0 aliphatic rings. The van der Waals surface area contributed by atoms with Gasteiger partial charge in [-0.05, 0) is 31.2 Å². The van der Waals surface area contributed by atoms with Crippen molar-refractivity contribution in [2.45, 2.75) is 25.7 Å². The van der Waals surface area contributed by atoms with Gasteiger partial charge in [-0.1, -0.05) is 0 Å². The largest absolute Gasteiger partial charge is 0.493 e. The fourth-order valence-corrected chi connectivity index (χ4v) is 3.54. The maximum atomic E-state index is 12.8. The second-order valence-corrected chi connectivity index (χ2v) is 8.29. The number of amides is 1. The number of nitrogens with one attached hydrogen (secondary N) is 1. The van der Waals surface area contributed by atoms with Crippen LogP contribution in [0, 0.1) is 0 Å². The maximum absolute atomic E-state index is 12.8. The number of ether oxygens (including phenoxy) is 4. The number of fused-ring (bicyclic) bond motifs is 1. The molecule has 0 bridgehead atoms. The quantitative estimate of drug-likeness (QED) is 0.300. The van der Waals surface area contributed by atoms with Crippen LogP contribution in [0.1, 0.15) is 17.4 Å². The van der Waals surface area contributed by atoms with Crippen LogP contribution in [0.5, 0.6) is 28.7 Å². The summed E-state index contributed by atoms with van der Waals surface area (Å²) in [6, 6.07) is 8.10. The number of carbonyl (C=O) groups is 1. The van der Waals surface area contributed by atoms with Crippen molar-refractivity contribution >= 4 is 22.6 Å².